The monoisotopic (exact) mass is 613 g/mol. The second kappa shape index (κ2) is 12.6. The lowest BCUT2D eigenvalue weighted by Crippen LogP contribution is -2.32. The first kappa shape index (κ1) is 28.6. The number of halogens is 4. The van der Waals surface area contributed by atoms with E-state index in [4.69, 9.17) is 9.47 Å². The number of hydrogen-bond acceptors (Lipinski definition) is 5. The lowest BCUT2D eigenvalue weighted by Gasteiger charge is -2.15. The van der Waals surface area contributed by atoms with E-state index in [9.17, 15) is 22.8 Å². The van der Waals surface area contributed by atoms with Gasteiger partial charge in [-0.2, -0.15) is 18.3 Å². The standard InChI is InChI=1S/C29H23BrF3N3O4/c1-2-39-25-15-18(14-24(30)26(25)40-17-20-8-5-7-19-6-3-4-9-23(19)20)16-34-36-28(38)27(37)35-22-12-10-21(11-13-22)29(31,32)33/h3-16H,2,17H2,1H3,(H,35,37)(H,36,38)/b34-16+. The van der Waals surface area contributed by atoms with Crippen LogP contribution in [0.4, 0.5) is 18.9 Å². The maximum atomic E-state index is 12.7. The molecule has 0 saturated heterocycles. The van der Waals surface area contributed by atoms with Crippen LogP contribution < -0.4 is 20.2 Å². The Morgan fingerprint density at radius 2 is 1.68 bits per heavy atom. The molecule has 0 saturated carbocycles. The number of benzene rings is 4. The molecular formula is C29H23BrF3N3O4. The summed E-state index contributed by atoms with van der Waals surface area (Å²) in [7, 11) is 0. The topological polar surface area (TPSA) is 89.0 Å². The van der Waals surface area contributed by atoms with Crippen LogP contribution in [0.5, 0.6) is 11.5 Å². The van der Waals surface area contributed by atoms with Gasteiger partial charge in [0, 0.05) is 5.69 Å². The summed E-state index contributed by atoms with van der Waals surface area (Å²) in [6, 6.07) is 21.1. The first-order valence-corrected chi connectivity index (χ1v) is 12.8. The summed E-state index contributed by atoms with van der Waals surface area (Å²) in [4.78, 5) is 24.2. The molecule has 40 heavy (non-hydrogen) atoms. The maximum absolute atomic E-state index is 12.7. The number of hydrazone groups is 1. The molecule has 4 aromatic rings. The van der Waals surface area contributed by atoms with Gasteiger partial charge in [0.05, 0.1) is 22.9 Å². The van der Waals surface area contributed by atoms with Gasteiger partial charge in [-0.15, -0.1) is 0 Å². The molecule has 0 atom stereocenters. The molecule has 0 radical (unpaired) electrons. The highest BCUT2D eigenvalue weighted by atomic mass is 79.9. The summed E-state index contributed by atoms with van der Waals surface area (Å²) < 4.78 is 50.5. The number of nitrogens with one attached hydrogen (secondary N) is 2. The van der Waals surface area contributed by atoms with Crippen LogP contribution in [0.25, 0.3) is 10.8 Å². The Morgan fingerprint density at radius 1 is 0.950 bits per heavy atom. The minimum absolute atomic E-state index is 0.0292. The van der Waals surface area contributed by atoms with E-state index in [0.29, 0.717) is 34.7 Å². The van der Waals surface area contributed by atoms with E-state index in [-0.39, 0.29) is 5.69 Å². The zero-order chi connectivity index (χ0) is 28.7. The van der Waals surface area contributed by atoms with E-state index in [1.54, 1.807) is 12.1 Å². The highest BCUT2D eigenvalue weighted by Crippen LogP contribution is 2.37. The number of anilines is 1. The zero-order valence-electron chi connectivity index (χ0n) is 21.1. The fourth-order valence-corrected chi connectivity index (χ4v) is 4.35. The van der Waals surface area contributed by atoms with Crippen molar-refractivity contribution in [2.75, 3.05) is 11.9 Å². The van der Waals surface area contributed by atoms with E-state index < -0.39 is 23.6 Å². The average Bonchev–Trinajstić information content (AvgIpc) is 2.92. The lowest BCUT2D eigenvalue weighted by atomic mass is 10.1. The molecule has 0 spiro atoms. The Morgan fingerprint density at radius 3 is 2.40 bits per heavy atom. The minimum Gasteiger partial charge on any atom is -0.490 e. The van der Waals surface area contributed by atoms with Gasteiger partial charge in [-0.25, -0.2) is 5.43 Å². The van der Waals surface area contributed by atoms with Crippen LogP contribution in [0.3, 0.4) is 0 Å². The van der Waals surface area contributed by atoms with Crippen LogP contribution in [0.2, 0.25) is 0 Å². The van der Waals surface area contributed by atoms with Gasteiger partial charge < -0.3 is 14.8 Å². The predicted octanol–water partition coefficient (Wildman–Crippen LogP) is 6.69. The maximum Gasteiger partial charge on any atom is 0.416 e. The fourth-order valence-electron chi connectivity index (χ4n) is 3.78. The second-order valence-electron chi connectivity index (χ2n) is 8.42. The number of carbonyl (C=O) groups is 2. The van der Waals surface area contributed by atoms with Crippen molar-refractivity contribution >= 4 is 50.4 Å². The Labute approximate surface area is 236 Å². The number of nitrogens with zero attached hydrogens (tertiary/aromatic N) is 1. The average molecular weight is 614 g/mol. The largest absolute Gasteiger partial charge is 0.490 e. The van der Waals surface area contributed by atoms with Gasteiger partial charge in [-0.1, -0.05) is 42.5 Å². The molecule has 0 bridgehead atoms. The number of hydrogen-bond donors (Lipinski definition) is 2. The highest BCUT2D eigenvalue weighted by molar-refractivity contribution is 9.10. The molecule has 2 N–H and O–H groups in total. The molecule has 206 valence electrons. The molecule has 0 unspecified atom stereocenters. The van der Waals surface area contributed by atoms with Crippen molar-refractivity contribution in [3.63, 3.8) is 0 Å². The van der Waals surface area contributed by atoms with Crippen LogP contribution in [-0.2, 0) is 22.4 Å². The molecule has 0 aliphatic rings. The van der Waals surface area contributed by atoms with Crippen molar-refractivity contribution in [2.24, 2.45) is 5.10 Å². The van der Waals surface area contributed by atoms with Gasteiger partial charge in [-0.3, -0.25) is 9.59 Å². The molecule has 11 heteroatoms. The third kappa shape index (κ3) is 7.17. The van der Waals surface area contributed by atoms with Crippen molar-refractivity contribution in [3.8, 4) is 11.5 Å². The molecule has 7 nitrogen and oxygen atoms in total. The molecule has 0 aromatic heterocycles. The smallest absolute Gasteiger partial charge is 0.416 e. The van der Waals surface area contributed by atoms with Crippen molar-refractivity contribution in [1.29, 1.82) is 0 Å². The van der Waals surface area contributed by atoms with Gasteiger partial charge in [0.15, 0.2) is 11.5 Å². The number of amides is 2. The number of fused-ring (bicyclic) bond motifs is 1. The Hall–Kier alpha value is -4.38. The van der Waals surface area contributed by atoms with Crippen molar-refractivity contribution < 1.29 is 32.2 Å². The Balaban J connectivity index is 1.40. The fraction of sp³-hybridized carbons (Fsp3) is 0.138. The van der Waals surface area contributed by atoms with Crippen LogP contribution in [0, 0.1) is 0 Å². The van der Waals surface area contributed by atoms with Crippen molar-refractivity contribution in [3.05, 3.63) is 100 Å². The Kier molecular flexibility index (Phi) is 9.05. The molecule has 2 amide bonds. The summed E-state index contributed by atoms with van der Waals surface area (Å²) in [5, 5.41) is 8.20. The third-order valence-corrected chi connectivity index (χ3v) is 6.23. The molecule has 4 rings (SSSR count). The minimum atomic E-state index is -4.51. The van der Waals surface area contributed by atoms with E-state index >= 15 is 0 Å². The molecule has 0 fully saturated rings. The normalized spacial score (nSPS) is 11.4. The second-order valence-corrected chi connectivity index (χ2v) is 9.27. The first-order valence-electron chi connectivity index (χ1n) is 12.0. The van der Waals surface area contributed by atoms with Gasteiger partial charge >= 0.3 is 18.0 Å². The van der Waals surface area contributed by atoms with Gasteiger partial charge in [0.2, 0.25) is 0 Å². The number of ether oxygens (including phenoxy) is 2. The summed E-state index contributed by atoms with van der Waals surface area (Å²) in [6.07, 6.45) is -3.20. The van der Waals surface area contributed by atoms with E-state index in [0.717, 1.165) is 40.6 Å². The zero-order valence-corrected chi connectivity index (χ0v) is 22.7. The predicted molar refractivity (Wildman–Crippen MR) is 149 cm³/mol. The summed E-state index contributed by atoms with van der Waals surface area (Å²) in [5.41, 5.74) is 2.79. The summed E-state index contributed by atoms with van der Waals surface area (Å²) >= 11 is 3.50. The van der Waals surface area contributed by atoms with Crippen molar-refractivity contribution in [1.82, 2.24) is 5.43 Å². The molecular weight excluding hydrogens is 591 g/mol. The first-order chi connectivity index (χ1) is 19.2. The van der Waals surface area contributed by atoms with Gasteiger partial charge in [0.25, 0.3) is 0 Å². The van der Waals surface area contributed by atoms with Crippen LogP contribution in [0.15, 0.2) is 88.4 Å². The number of alkyl halides is 3. The molecule has 4 aromatic carbocycles. The molecule has 0 heterocycles. The van der Waals surface area contributed by atoms with E-state index in [2.05, 4.69) is 31.8 Å². The summed E-state index contributed by atoms with van der Waals surface area (Å²) in [6.45, 7) is 2.51. The number of carbonyl (C=O) groups excluding carboxylic acids is 2. The SMILES string of the molecule is CCOc1cc(/C=N/NC(=O)C(=O)Nc2ccc(C(F)(F)F)cc2)cc(Br)c1OCc1cccc2ccccc12. The lowest BCUT2D eigenvalue weighted by molar-refractivity contribution is -0.137. The number of rotatable bonds is 8. The highest BCUT2D eigenvalue weighted by Gasteiger charge is 2.30. The van der Waals surface area contributed by atoms with Gasteiger partial charge in [-0.05, 0) is 81.2 Å². The van der Waals surface area contributed by atoms with Crippen LogP contribution in [0.1, 0.15) is 23.6 Å². The summed E-state index contributed by atoms with van der Waals surface area (Å²) in [5.74, 6) is -1.25. The van der Waals surface area contributed by atoms with Crippen LogP contribution in [-0.4, -0.2) is 24.6 Å². The quantitative estimate of drug-likeness (QED) is 0.132. The van der Waals surface area contributed by atoms with E-state index in [1.807, 2.05) is 49.4 Å². The molecule has 0 aliphatic heterocycles. The molecule has 0 aliphatic carbocycles. The van der Waals surface area contributed by atoms with Gasteiger partial charge in [0.1, 0.15) is 6.61 Å². The third-order valence-electron chi connectivity index (χ3n) is 5.64. The Bertz CT molecular complexity index is 1550. The van der Waals surface area contributed by atoms with E-state index in [1.165, 1.54) is 6.21 Å². The van der Waals surface area contributed by atoms with Crippen molar-refractivity contribution in [2.45, 2.75) is 19.7 Å². The van der Waals surface area contributed by atoms with Crippen LogP contribution >= 0.6 is 15.9 Å².